The van der Waals surface area contributed by atoms with E-state index in [2.05, 4.69) is 5.32 Å². The van der Waals surface area contributed by atoms with Gasteiger partial charge in [-0.25, -0.2) is 8.42 Å². The van der Waals surface area contributed by atoms with E-state index in [1.807, 2.05) is 0 Å². The van der Waals surface area contributed by atoms with Crippen LogP contribution >= 0.6 is 12.2 Å². The van der Waals surface area contributed by atoms with E-state index in [-0.39, 0.29) is 10.7 Å². The molecule has 1 aromatic rings. The zero-order chi connectivity index (χ0) is 14.8. The molecular weight excluding hydrogens is 296 g/mol. The zero-order valence-corrected chi connectivity index (χ0v) is 12.5. The van der Waals surface area contributed by atoms with Gasteiger partial charge in [-0.3, -0.25) is 4.79 Å². The summed E-state index contributed by atoms with van der Waals surface area (Å²) in [6.07, 6.45) is 1.76. The second-order valence-electron chi connectivity index (χ2n) is 4.79. The van der Waals surface area contributed by atoms with E-state index < -0.39 is 21.0 Å². The lowest BCUT2D eigenvalue weighted by Gasteiger charge is -2.21. The molecule has 1 saturated heterocycles. The van der Waals surface area contributed by atoms with Crippen LogP contribution in [0.5, 0.6) is 0 Å². The number of thiocarbonyl (C=S) groups is 1. The molecule has 108 valence electrons. The van der Waals surface area contributed by atoms with Gasteiger partial charge in [0.05, 0.1) is 5.75 Å². The van der Waals surface area contributed by atoms with Crippen LogP contribution in [-0.4, -0.2) is 30.3 Å². The summed E-state index contributed by atoms with van der Waals surface area (Å²) in [5.41, 5.74) is 6.65. The Morgan fingerprint density at radius 3 is 2.75 bits per heavy atom. The van der Waals surface area contributed by atoms with Crippen molar-refractivity contribution >= 4 is 38.6 Å². The summed E-state index contributed by atoms with van der Waals surface area (Å²) >= 11 is 4.87. The average molecular weight is 312 g/mol. The standard InChI is InChI=1S/C13H16N2O3S2/c14-12(19)9-4-3-5-10(8-9)15-13(16)11-6-1-2-7-20(11,17)18/h3-5,8,11H,1-2,6-7H2,(H2,14,19)(H,15,16). The van der Waals surface area contributed by atoms with E-state index in [0.717, 1.165) is 6.42 Å². The molecule has 3 N–H and O–H groups in total. The Hall–Kier alpha value is -1.47. The van der Waals surface area contributed by atoms with Crippen molar-refractivity contribution in [3.8, 4) is 0 Å². The summed E-state index contributed by atoms with van der Waals surface area (Å²) in [6.45, 7) is 0. The van der Waals surface area contributed by atoms with Crippen LogP contribution in [0.1, 0.15) is 24.8 Å². The Labute approximate surface area is 123 Å². The SMILES string of the molecule is NC(=S)c1cccc(NC(=O)C2CCCCS2(=O)=O)c1. The van der Waals surface area contributed by atoms with Crippen molar-refractivity contribution < 1.29 is 13.2 Å². The molecule has 1 atom stereocenters. The van der Waals surface area contributed by atoms with E-state index in [4.69, 9.17) is 18.0 Å². The summed E-state index contributed by atoms with van der Waals surface area (Å²) in [5, 5.41) is 1.68. The molecule has 20 heavy (non-hydrogen) atoms. The summed E-state index contributed by atoms with van der Waals surface area (Å²) < 4.78 is 23.8. The van der Waals surface area contributed by atoms with Crippen LogP contribution in [-0.2, 0) is 14.6 Å². The van der Waals surface area contributed by atoms with E-state index in [1.165, 1.54) is 0 Å². The molecule has 0 aromatic heterocycles. The number of carbonyl (C=O) groups excluding carboxylic acids is 1. The van der Waals surface area contributed by atoms with Crippen molar-refractivity contribution in [3.63, 3.8) is 0 Å². The zero-order valence-electron chi connectivity index (χ0n) is 10.8. The maximum atomic E-state index is 12.1. The van der Waals surface area contributed by atoms with Crippen LogP contribution in [0.4, 0.5) is 5.69 Å². The van der Waals surface area contributed by atoms with E-state index >= 15 is 0 Å². The van der Waals surface area contributed by atoms with Gasteiger partial charge >= 0.3 is 0 Å². The van der Waals surface area contributed by atoms with Crippen molar-refractivity contribution in [1.29, 1.82) is 0 Å². The molecule has 1 unspecified atom stereocenters. The maximum absolute atomic E-state index is 12.1. The predicted molar refractivity (Wildman–Crippen MR) is 82.4 cm³/mol. The number of sulfone groups is 1. The third-order valence-electron chi connectivity index (χ3n) is 3.29. The van der Waals surface area contributed by atoms with Crippen molar-refractivity contribution in [2.45, 2.75) is 24.5 Å². The largest absolute Gasteiger partial charge is 0.389 e. The number of hydrogen-bond donors (Lipinski definition) is 2. The van der Waals surface area contributed by atoms with Gasteiger partial charge in [0.2, 0.25) is 5.91 Å². The van der Waals surface area contributed by atoms with Crippen LogP contribution < -0.4 is 11.1 Å². The third-order valence-corrected chi connectivity index (χ3v) is 5.70. The van der Waals surface area contributed by atoms with Gasteiger partial charge in [-0.1, -0.05) is 30.8 Å². The lowest BCUT2D eigenvalue weighted by atomic mass is 10.1. The fourth-order valence-corrected chi connectivity index (χ4v) is 4.15. The Balaban J connectivity index is 2.15. The number of rotatable bonds is 3. The van der Waals surface area contributed by atoms with Gasteiger partial charge in [-0.05, 0) is 25.0 Å². The number of anilines is 1. The van der Waals surface area contributed by atoms with Gasteiger partial charge in [0.1, 0.15) is 10.2 Å². The highest BCUT2D eigenvalue weighted by Gasteiger charge is 2.34. The monoisotopic (exact) mass is 312 g/mol. The minimum atomic E-state index is -3.33. The highest BCUT2D eigenvalue weighted by atomic mass is 32.2. The van der Waals surface area contributed by atoms with Gasteiger partial charge in [-0.15, -0.1) is 0 Å². The van der Waals surface area contributed by atoms with Gasteiger partial charge in [0.15, 0.2) is 9.84 Å². The van der Waals surface area contributed by atoms with Crippen LogP contribution in [0.15, 0.2) is 24.3 Å². The number of amides is 1. The lowest BCUT2D eigenvalue weighted by molar-refractivity contribution is -0.116. The molecule has 1 fully saturated rings. The number of benzene rings is 1. The normalized spacial score (nSPS) is 21.1. The van der Waals surface area contributed by atoms with Crippen molar-refractivity contribution in [2.75, 3.05) is 11.1 Å². The van der Waals surface area contributed by atoms with E-state index in [1.54, 1.807) is 24.3 Å². The van der Waals surface area contributed by atoms with Crippen LogP contribution in [0.25, 0.3) is 0 Å². The molecule has 0 radical (unpaired) electrons. The van der Waals surface area contributed by atoms with Gasteiger partial charge < -0.3 is 11.1 Å². The topological polar surface area (TPSA) is 89.3 Å². The average Bonchev–Trinajstić information content (AvgIpc) is 2.38. The fraction of sp³-hybridized carbons (Fsp3) is 0.385. The first-order valence-electron chi connectivity index (χ1n) is 6.32. The van der Waals surface area contributed by atoms with Crippen LogP contribution in [0.3, 0.4) is 0 Å². The van der Waals surface area contributed by atoms with E-state index in [0.29, 0.717) is 24.1 Å². The maximum Gasteiger partial charge on any atom is 0.242 e. The molecule has 1 heterocycles. The molecule has 7 heteroatoms. The molecule has 0 spiro atoms. The second-order valence-corrected chi connectivity index (χ2v) is 7.53. The molecule has 0 saturated carbocycles. The summed E-state index contributed by atoms with van der Waals surface area (Å²) in [6, 6.07) is 6.75. The second kappa shape index (κ2) is 5.88. The summed E-state index contributed by atoms with van der Waals surface area (Å²) in [7, 11) is -3.33. The smallest absolute Gasteiger partial charge is 0.242 e. The number of nitrogens with one attached hydrogen (secondary N) is 1. The Kier molecular flexibility index (Phi) is 4.39. The molecule has 1 aliphatic heterocycles. The van der Waals surface area contributed by atoms with Gasteiger partial charge in [0.25, 0.3) is 0 Å². The lowest BCUT2D eigenvalue weighted by Crippen LogP contribution is -2.39. The third kappa shape index (κ3) is 3.34. The molecule has 0 bridgehead atoms. The number of hydrogen-bond acceptors (Lipinski definition) is 4. The Morgan fingerprint density at radius 2 is 2.10 bits per heavy atom. The molecule has 1 aromatic carbocycles. The summed E-state index contributed by atoms with van der Waals surface area (Å²) in [4.78, 5) is 12.3. The number of carbonyl (C=O) groups is 1. The molecular formula is C13H16N2O3S2. The molecule has 1 amide bonds. The number of nitrogens with two attached hydrogens (primary N) is 1. The minimum Gasteiger partial charge on any atom is -0.389 e. The highest BCUT2D eigenvalue weighted by Crippen LogP contribution is 2.21. The van der Waals surface area contributed by atoms with E-state index in [9.17, 15) is 13.2 Å². The van der Waals surface area contributed by atoms with Gasteiger partial charge in [-0.2, -0.15) is 0 Å². The van der Waals surface area contributed by atoms with Gasteiger partial charge in [0, 0.05) is 11.3 Å². The molecule has 0 aliphatic carbocycles. The fourth-order valence-electron chi connectivity index (χ4n) is 2.22. The molecule has 5 nitrogen and oxygen atoms in total. The molecule has 2 rings (SSSR count). The van der Waals surface area contributed by atoms with Crippen LogP contribution in [0.2, 0.25) is 0 Å². The summed E-state index contributed by atoms with van der Waals surface area (Å²) in [5.74, 6) is -0.400. The molecule has 1 aliphatic rings. The Morgan fingerprint density at radius 1 is 1.35 bits per heavy atom. The first-order valence-corrected chi connectivity index (χ1v) is 8.45. The highest BCUT2D eigenvalue weighted by molar-refractivity contribution is 7.92. The van der Waals surface area contributed by atoms with Crippen molar-refractivity contribution in [3.05, 3.63) is 29.8 Å². The first kappa shape index (κ1) is 14.9. The first-order chi connectivity index (χ1) is 9.40. The van der Waals surface area contributed by atoms with Crippen LogP contribution in [0, 0.1) is 0 Å². The van der Waals surface area contributed by atoms with Crippen molar-refractivity contribution in [1.82, 2.24) is 0 Å². The Bertz CT molecular complexity index is 641. The van der Waals surface area contributed by atoms with Crippen molar-refractivity contribution in [2.24, 2.45) is 5.73 Å². The quantitative estimate of drug-likeness (QED) is 0.819. The minimum absolute atomic E-state index is 0.0814. The predicted octanol–water partition coefficient (Wildman–Crippen LogP) is 1.23.